The zero-order chi connectivity index (χ0) is 30.5. The van der Waals surface area contributed by atoms with E-state index in [2.05, 4.69) is 78.9 Å². The smallest absolute Gasteiger partial charge is 0.164 e. The Hall–Kier alpha value is -5.56. The number of benzene rings is 6. The van der Waals surface area contributed by atoms with E-state index in [1.807, 2.05) is 66.7 Å². The summed E-state index contributed by atoms with van der Waals surface area (Å²) in [7, 11) is 0. The zero-order valence-electron chi connectivity index (χ0n) is 24.5. The maximum absolute atomic E-state index is 5.03. The maximum atomic E-state index is 5.03. The highest BCUT2D eigenvalue weighted by Gasteiger charge is 2.17. The van der Waals surface area contributed by atoms with Gasteiger partial charge in [0.2, 0.25) is 0 Å². The summed E-state index contributed by atoms with van der Waals surface area (Å²) >= 11 is 3.54. The maximum Gasteiger partial charge on any atom is 0.164 e. The number of thiophene rings is 1. The molecule has 6 aromatic carbocycles. The molecule has 0 saturated heterocycles. The van der Waals surface area contributed by atoms with Gasteiger partial charge in [0, 0.05) is 42.4 Å². The summed E-state index contributed by atoms with van der Waals surface area (Å²) in [4.78, 5) is 19.8. The molecule has 0 fully saturated rings. The van der Waals surface area contributed by atoms with Gasteiger partial charge in [0.15, 0.2) is 17.5 Å². The lowest BCUT2D eigenvalue weighted by Gasteiger charge is -2.09. The summed E-state index contributed by atoms with van der Waals surface area (Å²) in [5, 5.41) is 3.41. The molecule has 3 aromatic heterocycles. The highest BCUT2D eigenvalue weighted by molar-refractivity contribution is 7.26. The fraction of sp³-hybridized carbons (Fsp3) is 0. The van der Waals surface area contributed by atoms with Crippen molar-refractivity contribution in [2.75, 3.05) is 0 Å². The van der Waals surface area contributed by atoms with E-state index >= 15 is 0 Å². The molecule has 0 atom stereocenters. The van der Waals surface area contributed by atoms with Gasteiger partial charge in [0.25, 0.3) is 0 Å². The van der Waals surface area contributed by atoms with Crippen molar-refractivity contribution in [1.29, 1.82) is 0 Å². The van der Waals surface area contributed by atoms with Gasteiger partial charge < -0.3 is 0 Å². The van der Waals surface area contributed by atoms with Crippen LogP contribution in [0.2, 0.25) is 0 Å². The molecule has 0 radical (unpaired) electrons. The molecule has 3 heterocycles. The van der Waals surface area contributed by atoms with Crippen LogP contribution in [0.25, 0.3) is 86.3 Å². The largest absolute Gasteiger partial charge is 0.236 e. The second kappa shape index (κ2) is 11.1. The van der Waals surface area contributed by atoms with Gasteiger partial charge in [0.05, 0.1) is 10.2 Å². The average Bonchev–Trinajstić information content (AvgIpc) is 3.74. The van der Waals surface area contributed by atoms with Crippen LogP contribution in [0.4, 0.5) is 0 Å². The van der Waals surface area contributed by atoms with Crippen LogP contribution in [0.1, 0.15) is 0 Å². The molecule has 0 saturated carbocycles. The normalized spacial score (nSPS) is 11.5. The van der Waals surface area contributed by atoms with Crippen molar-refractivity contribution >= 4 is 53.1 Å². The van der Waals surface area contributed by atoms with Crippen molar-refractivity contribution in [2.45, 2.75) is 0 Å². The predicted molar refractivity (Wildman–Crippen MR) is 193 cm³/mol. The number of aromatic nitrogens is 4. The van der Waals surface area contributed by atoms with Crippen LogP contribution >= 0.6 is 22.7 Å². The van der Waals surface area contributed by atoms with E-state index in [0.717, 1.165) is 32.8 Å². The first-order valence-corrected chi connectivity index (χ1v) is 16.7. The number of fused-ring (bicyclic) bond motifs is 4. The van der Waals surface area contributed by atoms with Crippen molar-refractivity contribution in [3.05, 3.63) is 146 Å². The van der Waals surface area contributed by atoms with Crippen LogP contribution in [0.3, 0.4) is 0 Å². The third-order valence-electron chi connectivity index (χ3n) is 8.17. The molecule has 0 amide bonds. The number of para-hydroxylation sites is 1. The molecule has 0 unspecified atom stereocenters. The highest BCUT2D eigenvalue weighted by atomic mass is 32.1. The van der Waals surface area contributed by atoms with Gasteiger partial charge >= 0.3 is 0 Å². The zero-order valence-corrected chi connectivity index (χ0v) is 26.1. The lowest BCUT2D eigenvalue weighted by Crippen LogP contribution is -2.00. The quantitative estimate of drug-likeness (QED) is 0.191. The Morgan fingerprint density at radius 1 is 0.370 bits per heavy atom. The molecule has 0 aliphatic rings. The molecule has 4 nitrogen and oxygen atoms in total. The molecule has 216 valence electrons. The van der Waals surface area contributed by atoms with Gasteiger partial charge in [-0.2, -0.15) is 0 Å². The van der Waals surface area contributed by atoms with Gasteiger partial charge in [-0.05, 0) is 41.5 Å². The summed E-state index contributed by atoms with van der Waals surface area (Å²) in [5.74, 6) is 2.00. The number of hydrogen-bond acceptors (Lipinski definition) is 6. The first-order chi connectivity index (χ1) is 22.8. The summed E-state index contributed by atoms with van der Waals surface area (Å²) in [6.07, 6.45) is 0. The van der Waals surface area contributed by atoms with Crippen molar-refractivity contribution in [3.8, 4) is 55.9 Å². The average molecular weight is 625 g/mol. The van der Waals surface area contributed by atoms with Gasteiger partial charge in [-0.25, -0.2) is 19.9 Å². The van der Waals surface area contributed by atoms with Crippen LogP contribution in [0.5, 0.6) is 0 Å². The van der Waals surface area contributed by atoms with E-state index in [0.29, 0.717) is 17.5 Å². The van der Waals surface area contributed by atoms with Gasteiger partial charge in [-0.3, -0.25) is 0 Å². The molecular formula is C40H24N4S2. The van der Waals surface area contributed by atoms with E-state index in [1.54, 1.807) is 22.7 Å². The molecule has 6 heteroatoms. The third kappa shape index (κ3) is 4.76. The summed E-state index contributed by atoms with van der Waals surface area (Å²) in [6.45, 7) is 0. The monoisotopic (exact) mass is 624 g/mol. The highest BCUT2D eigenvalue weighted by Crippen LogP contribution is 2.42. The number of nitrogens with zero attached hydrogens (tertiary/aromatic N) is 4. The standard InChI is InChI=1S/C40H24N4S2/c1-3-11-25(12-4-1)37-42-38(26-13-5-2-6-14-26)44-39(43-37)31-17-10-20-34-36(31)30-22-21-28(24-35(30)45-34)27-15-9-16-29(23-27)40-41-32-18-7-8-19-33(32)46-40/h1-24H. The van der Waals surface area contributed by atoms with Gasteiger partial charge in [-0.15, -0.1) is 22.7 Å². The summed E-state index contributed by atoms with van der Waals surface area (Å²) in [5.41, 5.74) is 7.46. The number of thiazole rings is 1. The molecular weight excluding hydrogens is 601 g/mol. The molecule has 0 spiro atoms. The van der Waals surface area contributed by atoms with E-state index in [-0.39, 0.29) is 0 Å². The molecule has 9 aromatic rings. The Balaban J connectivity index is 1.17. The van der Waals surface area contributed by atoms with E-state index in [9.17, 15) is 0 Å². The first-order valence-electron chi connectivity index (χ1n) is 15.1. The fourth-order valence-electron chi connectivity index (χ4n) is 5.95. The minimum absolute atomic E-state index is 0.663. The second-order valence-corrected chi connectivity index (χ2v) is 13.2. The summed E-state index contributed by atoms with van der Waals surface area (Å²) < 4.78 is 3.64. The Kier molecular flexibility index (Phi) is 6.47. The summed E-state index contributed by atoms with van der Waals surface area (Å²) in [6, 6.07) is 50.4. The Morgan fingerprint density at radius 2 is 0.978 bits per heavy atom. The van der Waals surface area contributed by atoms with Crippen molar-refractivity contribution < 1.29 is 0 Å². The van der Waals surface area contributed by atoms with E-state index < -0.39 is 0 Å². The Bertz CT molecular complexity index is 2440. The van der Waals surface area contributed by atoms with Gasteiger partial charge in [0.1, 0.15) is 5.01 Å². The van der Waals surface area contributed by atoms with E-state index in [1.165, 1.54) is 36.0 Å². The van der Waals surface area contributed by atoms with Crippen LogP contribution < -0.4 is 0 Å². The first kappa shape index (κ1) is 26.8. The molecule has 9 rings (SSSR count). The van der Waals surface area contributed by atoms with Crippen LogP contribution in [-0.4, -0.2) is 19.9 Å². The van der Waals surface area contributed by atoms with Crippen molar-refractivity contribution in [1.82, 2.24) is 19.9 Å². The van der Waals surface area contributed by atoms with Crippen LogP contribution in [0.15, 0.2) is 146 Å². The van der Waals surface area contributed by atoms with Crippen LogP contribution in [0, 0.1) is 0 Å². The topological polar surface area (TPSA) is 51.6 Å². The Morgan fingerprint density at radius 3 is 1.74 bits per heavy atom. The third-order valence-corrected chi connectivity index (χ3v) is 10.4. The predicted octanol–water partition coefficient (Wildman–Crippen LogP) is 11.2. The van der Waals surface area contributed by atoms with E-state index in [4.69, 9.17) is 19.9 Å². The molecule has 0 aliphatic carbocycles. The molecule has 46 heavy (non-hydrogen) atoms. The lowest BCUT2D eigenvalue weighted by atomic mass is 10.0. The molecule has 0 aliphatic heterocycles. The van der Waals surface area contributed by atoms with Gasteiger partial charge in [-0.1, -0.05) is 115 Å². The fourth-order valence-corrected chi connectivity index (χ4v) is 8.08. The minimum Gasteiger partial charge on any atom is -0.236 e. The van der Waals surface area contributed by atoms with Crippen LogP contribution in [-0.2, 0) is 0 Å². The number of rotatable bonds is 5. The molecule has 0 N–H and O–H groups in total. The number of hydrogen-bond donors (Lipinski definition) is 0. The van der Waals surface area contributed by atoms with Crippen molar-refractivity contribution in [2.24, 2.45) is 0 Å². The lowest BCUT2D eigenvalue weighted by molar-refractivity contribution is 1.08. The molecule has 0 bridgehead atoms. The van der Waals surface area contributed by atoms with Crippen molar-refractivity contribution in [3.63, 3.8) is 0 Å². The SMILES string of the molecule is c1ccc(-c2nc(-c3ccccc3)nc(-c3cccc4sc5cc(-c6cccc(-c7nc8ccccc8s7)c6)ccc5c34)n2)cc1. The second-order valence-electron chi connectivity index (χ2n) is 11.1. The minimum atomic E-state index is 0.663. The Labute approximate surface area is 273 Å².